The van der Waals surface area contributed by atoms with Crippen LogP contribution in [0.4, 0.5) is 0 Å². The van der Waals surface area contributed by atoms with Crippen LogP contribution in [0.25, 0.3) is 0 Å². The number of hydrogen-bond donors (Lipinski definition) is 1. The van der Waals surface area contributed by atoms with Crippen molar-refractivity contribution in [2.24, 2.45) is 0 Å². The number of amides is 1. The summed E-state index contributed by atoms with van der Waals surface area (Å²) in [6, 6.07) is 0.729. The SMILES string of the molecule is Cc1cc(C(=O)N2CSC[C@H]2C(=O)O)on1. The Kier molecular flexibility index (Phi) is 2.86. The molecule has 2 rings (SSSR count). The summed E-state index contributed by atoms with van der Waals surface area (Å²) in [6.45, 7) is 1.70. The highest BCUT2D eigenvalue weighted by atomic mass is 32.2. The Morgan fingerprint density at radius 2 is 2.44 bits per heavy atom. The molecular formula is C9H10N2O4S. The quantitative estimate of drug-likeness (QED) is 0.816. The van der Waals surface area contributed by atoms with E-state index >= 15 is 0 Å². The number of carboxylic acid groups (broad SMARTS) is 1. The van der Waals surface area contributed by atoms with Crippen LogP contribution in [0.2, 0.25) is 0 Å². The van der Waals surface area contributed by atoms with Crippen molar-refractivity contribution in [2.45, 2.75) is 13.0 Å². The van der Waals surface area contributed by atoms with Gasteiger partial charge in [-0.25, -0.2) is 4.79 Å². The third kappa shape index (κ3) is 1.90. The maximum absolute atomic E-state index is 11.9. The number of carboxylic acids is 1. The summed E-state index contributed by atoms with van der Waals surface area (Å²) in [5, 5.41) is 12.5. The van der Waals surface area contributed by atoms with Crippen LogP contribution in [0.5, 0.6) is 0 Å². The fourth-order valence-electron chi connectivity index (χ4n) is 1.45. The maximum Gasteiger partial charge on any atom is 0.327 e. The molecule has 0 aliphatic carbocycles. The molecule has 1 amide bonds. The van der Waals surface area contributed by atoms with Gasteiger partial charge in [0, 0.05) is 11.8 Å². The first kappa shape index (κ1) is 11.0. The molecule has 1 aliphatic rings. The van der Waals surface area contributed by atoms with Crippen LogP contribution >= 0.6 is 11.8 Å². The second-order valence-electron chi connectivity index (χ2n) is 3.46. The molecule has 7 heteroatoms. The first-order valence-electron chi connectivity index (χ1n) is 4.64. The van der Waals surface area contributed by atoms with E-state index in [1.54, 1.807) is 6.92 Å². The lowest BCUT2D eigenvalue weighted by molar-refractivity contribution is -0.140. The van der Waals surface area contributed by atoms with Gasteiger partial charge in [0.15, 0.2) is 0 Å². The van der Waals surface area contributed by atoms with Crippen molar-refractivity contribution in [3.63, 3.8) is 0 Å². The summed E-state index contributed by atoms with van der Waals surface area (Å²) in [4.78, 5) is 24.1. The van der Waals surface area contributed by atoms with E-state index in [0.717, 1.165) is 0 Å². The summed E-state index contributed by atoms with van der Waals surface area (Å²) in [5.41, 5.74) is 0.599. The van der Waals surface area contributed by atoms with Crippen LogP contribution < -0.4 is 0 Å². The van der Waals surface area contributed by atoms with Gasteiger partial charge in [-0.05, 0) is 6.92 Å². The van der Waals surface area contributed by atoms with Gasteiger partial charge in [-0.3, -0.25) is 4.79 Å². The Morgan fingerprint density at radius 1 is 1.69 bits per heavy atom. The largest absolute Gasteiger partial charge is 0.480 e. The molecular weight excluding hydrogens is 232 g/mol. The van der Waals surface area contributed by atoms with Crippen molar-refractivity contribution in [3.05, 3.63) is 17.5 Å². The normalized spacial score (nSPS) is 20.1. The highest BCUT2D eigenvalue weighted by molar-refractivity contribution is 7.99. The van der Waals surface area contributed by atoms with E-state index in [0.29, 0.717) is 17.3 Å². The van der Waals surface area contributed by atoms with Gasteiger partial charge in [-0.15, -0.1) is 11.8 Å². The van der Waals surface area contributed by atoms with E-state index in [9.17, 15) is 9.59 Å². The average Bonchev–Trinajstić information content (AvgIpc) is 2.84. The number of nitrogens with zero attached hydrogens (tertiary/aromatic N) is 2. The molecule has 2 heterocycles. The molecule has 1 aliphatic heterocycles. The molecule has 0 unspecified atom stereocenters. The van der Waals surface area contributed by atoms with Crippen molar-refractivity contribution in [2.75, 3.05) is 11.6 Å². The predicted molar refractivity (Wildman–Crippen MR) is 56.2 cm³/mol. The van der Waals surface area contributed by atoms with Crippen molar-refractivity contribution < 1.29 is 19.2 Å². The average molecular weight is 242 g/mol. The third-order valence-electron chi connectivity index (χ3n) is 2.27. The van der Waals surface area contributed by atoms with E-state index < -0.39 is 17.9 Å². The fourth-order valence-corrected chi connectivity index (χ4v) is 2.60. The molecule has 0 radical (unpaired) electrons. The zero-order valence-corrected chi connectivity index (χ0v) is 9.36. The Morgan fingerprint density at radius 3 is 3.00 bits per heavy atom. The molecule has 1 atom stereocenters. The Balaban J connectivity index is 2.18. The second kappa shape index (κ2) is 4.17. The molecule has 86 valence electrons. The molecule has 0 aromatic carbocycles. The smallest absolute Gasteiger partial charge is 0.327 e. The van der Waals surface area contributed by atoms with Gasteiger partial charge in [0.2, 0.25) is 5.76 Å². The van der Waals surface area contributed by atoms with Crippen molar-refractivity contribution >= 4 is 23.6 Å². The molecule has 16 heavy (non-hydrogen) atoms. The summed E-state index contributed by atoms with van der Waals surface area (Å²) < 4.78 is 4.82. The molecule has 1 saturated heterocycles. The number of carbonyl (C=O) groups excluding carboxylic acids is 1. The first-order chi connectivity index (χ1) is 7.59. The maximum atomic E-state index is 11.9. The Hall–Kier alpha value is -1.50. The van der Waals surface area contributed by atoms with Gasteiger partial charge < -0.3 is 14.5 Å². The summed E-state index contributed by atoms with van der Waals surface area (Å²) in [5.74, 6) is -0.539. The molecule has 1 N–H and O–H groups in total. The number of aliphatic carboxylic acids is 1. The summed E-state index contributed by atoms with van der Waals surface area (Å²) in [6.07, 6.45) is 0. The lowest BCUT2D eigenvalue weighted by atomic mass is 10.2. The van der Waals surface area contributed by atoms with E-state index in [4.69, 9.17) is 9.63 Å². The lowest BCUT2D eigenvalue weighted by Crippen LogP contribution is -2.41. The summed E-state index contributed by atoms with van der Waals surface area (Å²) in [7, 11) is 0. The zero-order valence-electron chi connectivity index (χ0n) is 8.54. The number of hydrogen-bond acceptors (Lipinski definition) is 5. The molecule has 1 aromatic rings. The molecule has 0 bridgehead atoms. The molecule has 0 saturated carbocycles. The number of rotatable bonds is 2. The van der Waals surface area contributed by atoms with Gasteiger partial charge in [-0.2, -0.15) is 0 Å². The molecule has 6 nitrogen and oxygen atoms in total. The van der Waals surface area contributed by atoms with Crippen molar-refractivity contribution in [1.29, 1.82) is 0 Å². The van der Waals surface area contributed by atoms with Crippen LogP contribution in [-0.2, 0) is 4.79 Å². The topological polar surface area (TPSA) is 83.6 Å². The molecule has 1 aromatic heterocycles. The van der Waals surface area contributed by atoms with Gasteiger partial charge in [-0.1, -0.05) is 5.16 Å². The van der Waals surface area contributed by atoms with Crippen LogP contribution in [0.1, 0.15) is 16.2 Å². The monoisotopic (exact) mass is 242 g/mol. The van der Waals surface area contributed by atoms with Crippen molar-refractivity contribution in [3.8, 4) is 0 Å². The highest BCUT2D eigenvalue weighted by Crippen LogP contribution is 2.23. The molecule has 1 fully saturated rings. The minimum absolute atomic E-state index is 0.0891. The Bertz CT molecular complexity index is 431. The van der Waals surface area contributed by atoms with Crippen molar-refractivity contribution in [1.82, 2.24) is 10.1 Å². The van der Waals surface area contributed by atoms with E-state index in [1.807, 2.05) is 0 Å². The van der Waals surface area contributed by atoms with Gasteiger partial charge in [0.1, 0.15) is 6.04 Å². The van der Waals surface area contributed by atoms with E-state index in [1.165, 1.54) is 22.7 Å². The minimum Gasteiger partial charge on any atom is -0.480 e. The van der Waals surface area contributed by atoms with Crippen LogP contribution in [0, 0.1) is 6.92 Å². The fraction of sp³-hybridized carbons (Fsp3) is 0.444. The van der Waals surface area contributed by atoms with E-state index in [-0.39, 0.29) is 5.76 Å². The third-order valence-corrected chi connectivity index (χ3v) is 3.28. The second-order valence-corrected chi connectivity index (χ2v) is 4.46. The van der Waals surface area contributed by atoms with Crippen LogP contribution in [-0.4, -0.2) is 44.7 Å². The predicted octanol–water partition coefficient (Wildman–Crippen LogP) is 0.583. The van der Waals surface area contributed by atoms with Gasteiger partial charge in [0.25, 0.3) is 5.91 Å². The number of aryl methyl sites for hydroxylation is 1. The standard InChI is InChI=1S/C9H10N2O4S/c1-5-2-7(15-10-5)8(12)11-4-16-3-6(11)9(13)14/h2,6H,3-4H2,1H3,(H,13,14)/t6-/m0/s1. The van der Waals surface area contributed by atoms with Gasteiger partial charge in [0.05, 0.1) is 11.6 Å². The van der Waals surface area contributed by atoms with E-state index in [2.05, 4.69) is 5.16 Å². The zero-order chi connectivity index (χ0) is 11.7. The highest BCUT2D eigenvalue weighted by Gasteiger charge is 2.36. The number of aromatic nitrogens is 1. The Labute approximate surface area is 95.6 Å². The first-order valence-corrected chi connectivity index (χ1v) is 5.80. The lowest BCUT2D eigenvalue weighted by Gasteiger charge is -2.18. The molecule has 0 spiro atoms. The van der Waals surface area contributed by atoms with Crippen LogP contribution in [0.15, 0.2) is 10.6 Å². The minimum atomic E-state index is -0.991. The number of carbonyl (C=O) groups is 2. The van der Waals surface area contributed by atoms with Gasteiger partial charge >= 0.3 is 5.97 Å². The summed E-state index contributed by atoms with van der Waals surface area (Å²) >= 11 is 1.41. The van der Waals surface area contributed by atoms with Crippen LogP contribution in [0.3, 0.4) is 0 Å². The number of thioether (sulfide) groups is 1.